The summed E-state index contributed by atoms with van der Waals surface area (Å²) < 4.78 is 0. The Bertz CT molecular complexity index is 452. The van der Waals surface area contributed by atoms with E-state index in [1.54, 1.807) is 23.2 Å². The molecule has 1 heterocycles. The lowest BCUT2D eigenvalue weighted by molar-refractivity contribution is -0.116. The van der Waals surface area contributed by atoms with Gasteiger partial charge in [-0.1, -0.05) is 19.8 Å². The zero-order valence-corrected chi connectivity index (χ0v) is 14.2. The van der Waals surface area contributed by atoms with Crippen LogP contribution in [0.4, 0.5) is 5.13 Å². The summed E-state index contributed by atoms with van der Waals surface area (Å²) in [7, 11) is 0. The van der Waals surface area contributed by atoms with E-state index in [9.17, 15) is 4.79 Å². The molecule has 0 saturated heterocycles. The summed E-state index contributed by atoms with van der Waals surface area (Å²) in [4.78, 5) is 17.8. The number of hydrogen-bond acceptors (Lipinski definition) is 4. The van der Waals surface area contributed by atoms with Gasteiger partial charge in [0.15, 0.2) is 5.13 Å². The fraction of sp³-hybridized carbons (Fsp3) is 0.750. The normalized spacial score (nSPS) is 22.2. The van der Waals surface area contributed by atoms with Crippen LogP contribution in [0, 0.1) is 11.8 Å². The SMILES string of the molecule is CCN(C(C)=O)c1nc(CNCC2CCC(C)CC2)cs1. The van der Waals surface area contributed by atoms with Gasteiger partial charge in [-0.2, -0.15) is 0 Å². The van der Waals surface area contributed by atoms with Gasteiger partial charge in [0.1, 0.15) is 0 Å². The number of thiazole rings is 1. The number of carbonyl (C=O) groups is 1. The fourth-order valence-electron chi connectivity index (χ4n) is 2.93. The van der Waals surface area contributed by atoms with Crippen molar-refractivity contribution in [2.24, 2.45) is 11.8 Å². The Morgan fingerprint density at radius 1 is 1.43 bits per heavy atom. The molecule has 2 rings (SSSR count). The van der Waals surface area contributed by atoms with Crippen LogP contribution >= 0.6 is 11.3 Å². The van der Waals surface area contributed by atoms with E-state index >= 15 is 0 Å². The van der Waals surface area contributed by atoms with Gasteiger partial charge in [-0.15, -0.1) is 11.3 Å². The molecule has 1 saturated carbocycles. The predicted octanol–water partition coefficient (Wildman–Crippen LogP) is 3.43. The average molecular weight is 309 g/mol. The maximum atomic E-state index is 11.5. The second-order valence-electron chi connectivity index (χ2n) is 6.14. The van der Waals surface area contributed by atoms with E-state index in [-0.39, 0.29) is 5.91 Å². The van der Waals surface area contributed by atoms with Gasteiger partial charge in [0, 0.05) is 25.4 Å². The van der Waals surface area contributed by atoms with Crippen molar-refractivity contribution in [2.75, 3.05) is 18.0 Å². The third-order valence-electron chi connectivity index (χ3n) is 4.34. The summed E-state index contributed by atoms with van der Waals surface area (Å²) in [5.41, 5.74) is 1.04. The lowest BCUT2D eigenvalue weighted by Gasteiger charge is -2.26. The minimum atomic E-state index is 0.0580. The monoisotopic (exact) mass is 309 g/mol. The molecule has 5 heteroatoms. The first-order valence-electron chi connectivity index (χ1n) is 8.03. The van der Waals surface area contributed by atoms with Gasteiger partial charge in [0.05, 0.1) is 5.69 Å². The predicted molar refractivity (Wildman–Crippen MR) is 88.6 cm³/mol. The standard InChI is InChI=1S/C16H27N3OS/c1-4-19(13(3)20)16-18-15(11-21-16)10-17-9-14-7-5-12(2)6-8-14/h11-12,14,17H,4-10H2,1-3H3. The van der Waals surface area contributed by atoms with E-state index in [2.05, 4.69) is 22.6 Å². The average Bonchev–Trinajstić information content (AvgIpc) is 2.90. The molecule has 1 amide bonds. The van der Waals surface area contributed by atoms with E-state index in [0.717, 1.165) is 35.8 Å². The molecule has 0 atom stereocenters. The van der Waals surface area contributed by atoms with Gasteiger partial charge in [0.25, 0.3) is 0 Å². The summed E-state index contributed by atoms with van der Waals surface area (Å²) in [6.45, 7) is 8.49. The van der Waals surface area contributed by atoms with Crippen LogP contribution in [0.3, 0.4) is 0 Å². The largest absolute Gasteiger partial charge is 0.311 e. The summed E-state index contributed by atoms with van der Waals surface area (Å²) >= 11 is 1.55. The number of carbonyl (C=O) groups excluding carboxylic acids is 1. The molecule has 4 nitrogen and oxygen atoms in total. The van der Waals surface area contributed by atoms with Gasteiger partial charge >= 0.3 is 0 Å². The third-order valence-corrected chi connectivity index (χ3v) is 5.25. The molecule has 1 aromatic heterocycles. The molecule has 0 bridgehead atoms. The molecule has 1 aliphatic carbocycles. The molecule has 0 aromatic carbocycles. The Balaban J connectivity index is 1.76. The lowest BCUT2D eigenvalue weighted by atomic mass is 9.83. The summed E-state index contributed by atoms with van der Waals surface area (Å²) in [6, 6.07) is 0. The van der Waals surface area contributed by atoms with Gasteiger partial charge in [-0.05, 0) is 38.1 Å². The second kappa shape index (κ2) is 7.90. The van der Waals surface area contributed by atoms with Gasteiger partial charge in [-0.25, -0.2) is 4.98 Å². The van der Waals surface area contributed by atoms with E-state index in [1.807, 2.05) is 6.92 Å². The van der Waals surface area contributed by atoms with Gasteiger partial charge in [-0.3, -0.25) is 9.69 Å². The lowest BCUT2D eigenvalue weighted by Crippen LogP contribution is -2.28. The number of nitrogens with zero attached hydrogens (tertiary/aromatic N) is 2. The minimum Gasteiger partial charge on any atom is -0.311 e. The summed E-state index contributed by atoms with van der Waals surface area (Å²) in [5.74, 6) is 1.79. The van der Waals surface area contributed by atoms with Crippen LogP contribution in [0.25, 0.3) is 0 Å². The van der Waals surface area contributed by atoms with E-state index in [1.165, 1.54) is 25.7 Å². The maximum Gasteiger partial charge on any atom is 0.225 e. The van der Waals surface area contributed by atoms with Crippen molar-refractivity contribution in [1.29, 1.82) is 0 Å². The Kier molecular flexibility index (Phi) is 6.18. The van der Waals surface area contributed by atoms with Crippen molar-refractivity contribution < 1.29 is 4.79 Å². The number of amides is 1. The maximum absolute atomic E-state index is 11.5. The van der Waals surface area contributed by atoms with Gasteiger partial charge in [0.2, 0.25) is 5.91 Å². The summed E-state index contributed by atoms with van der Waals surface area (Å²) in [6.07, 6.45) is 5.45. The number of rotatable bonds is 6. The molecular formula is C16H27N3OS. The molecule has 1 N–H and O–H groups in total. The molecule has 118 valence electrons. The minimum absolute atomic E-state index is 0.0580. The first-order chi connectivity index (χ1) is 10.1. The number of aromatic nitrogens is 1. The highest BCUT2D eigenvalue weighted by Gasteiger charge is 2.18. The molecule has 0 unspecified atom stereocenters. The second-order valence-corrected chi connectivity index (χ2v) is 6.98. The molecule has 1 fully saturated rings. The molecule has 0 radical (unpaired) electrons. The molecule has 21 heavy (non-hydrogen) atoms. The highest BCUT2D eigenvalue weighted by molar-refractivity contribution is 7.14. The molecular weight excluding hydrogens is 282 g/mol. The fourth-order valence-corrected chi connectivity index (χ4v) is 3.86. The Morgan fingerprint density at radius 3 is 2.76 bits per heavy atom. The molecule has 0 spiro atoms. The van der Waals surface area contributed by atoms with E-state index < -0.39 is 0 Å². The van der Waals surface area contributed by atoms with Crippen molar-refractivity contribution in [1.82, 2.24) is 10.3 Å². The van der Waals surface area contributed by atoms with E-state index in [4.69, 9.17) is 0 Å². The number of nitrogens with one attached hydrogen (secondary N) is 1. The van der Waals surface area contributed by atoms with Gasteiger partial charge < -0.3 is 5.32 Å². The van der Waals surface area contributed by atoms with Crippen LogP contribution < -0.4 is 10.2 Å². The topological polar surface area (TPSA) is 45.2 Å². The highest BCUT2D eigenvalue weighted by Crippen LogP contribution is 2.27. The van der Waals surface area contributed by atoms with Crippen molar-refractivity contribution in [3.63, 3.8) is 0 Å². The van der Waals surface area contributed by atoms with Crippen LogP contribution in [0.15, 0.2) is 5.38 Å². The van der Waals surface area contributed by atoms with Crippen LogP contribution in [0.5, 0.6) is 0 Å². The van der Waals surface area contributed by atoms with Crippen molar-refractivity contribution in [3.8, 4) is 0 Å². The Hall–Kier alpha value is -0.940. The van der Waals surface area contributed by atoms with Crippen molar-refractivity contribution in [2.45, 2.75) is 53.0 Å². The summed E-state index contributed by atoms with van der Waals surface area (Å²) in [5, 5.41) is 6.39. The van der Waals surface area contributed by atoms with Crippen molar-refractivity contribution >= 4 is 22.4 Å². The highest BCUT2D eigenvalue weighted by atomic mass is 32.1. The zero-order chi connectivity index (χ0) is 15.2. The smallest absolute Gasteiger partial charge is 0.225 e. The Morgan fingerprint density at radius 2 is 2.14 bits per heavy atom. The quantitative estimate of drug-likeness (QED) is 0.875. The third kappa shape index (κ3) is 4.78. The first kappa shape index (κ1) is 16.4. The molecule has 1 aromatic rings. The van der Waals surface area contributed by atoms with Crippen LogP contribution in [0.1, 0.15) is 52.1 Å². The van der Waals surface area contributed by atoms with Crippen LogP contribution in [0.2, 0.25) is 0 Å². The first-order valence-corrected chi connectivity index (χ1v) is 8.91. The van der Waals surface area contributed by atoms with E-state index in [0.29, 0.717) is 6.54 Å². The van der Waals surface area contributed by atoms with Crippen molar-refractivity contribution in [3.05, 3.63) is 11.1 Å². The molecule has 1 aliphatic rings. The number of hydrogen-bond donors (Lipinski definition) is 1. The molecule has 0 aliphatic heterocycles. The van der Waals surface area contributed by atoms with Crippen LogP contribution in [-0.4, -0.2) is 24.0 Å². The zero-order valence-electron chi connectivity index (χ0n) is 13.4. The number of anilines is 1. The van der Waals surface area contributed by atoms with Crippen LogP contribution in [-0.2, 0) is 11.3 Å². The Labute approximate surface area is 132 Å².